The van der Waals surface area contributed by atoms with Gasteiger partial charge in [0.2, 0.25) is 0 Å². The van der Waals surface area contributed by atoms with Crippen LogP contribution in [0.5, 0.6) is 0 Å². The smallest absolute Gasteiger partial charge is 0.434 e. The maximum absolute atomic E-state index is 13.3. The molecule has 244 valence electrons. The summed E-state index contributed by atoms with van der Waals surface area (Å²) in [7, 11) is -2.46. The molecule has 2 aliphatic heterocycles. The van der Waals surface area contributed by atoms with Crippen LogP contribution in [0.3, 0.4) is 0 Å². The summed E-state index contributed by atoms with van der Waals surface area (Å²) in [5, 5.41) is 29.0. The fraction of sp³-hybridized carbons (Fsp3) is 0.458. The molecule has 1 saturated heterocycles. The van der Waals surface area contributed by atoms with E-state index in [1.54, 1.807) is 20.8 Å². The third-order valence-electron chi connectivity index (χ3n) is 6.07. The van der Waals surface area contributed by atoms with E-state index < -0.39 is 42.9 Å². The summed E-state index contributed by atoms with van der Waals surface area (Å²) in [6.07, 6.45) is -0.151. The molecule has 4 heterocycles. The molecule has 4 rings (SSSR count). The van der Waals surface area contributed by atoms with E-state index in [0.29, 0.717) is 20.5 Å². The van der Waals surface area contributed by atoms with Crippen molar-refractivity contribution in [3.05, 3.63) is 32.9 Å². The first-order chi connectivity index (χ1) is 21.4. The molecule has 2 aromatic rings. The molecule has 0 radical (unpaired) electrons. The van der Waals surface area contributed by atoms with Gasteiger partial charge >= 0.3 is 19.7 Å². The van der Waals surface area contributed by atoms with Crippen LogP contribution in [-0.2, 0) is 44.0 Å². The number of aromatic nitrogens is 2. The third kappa shape index (κ3) is 8.05. The number of rotatable bonds is 16. The number of hydrogen-bond donors (Lipinski definition) is 4. The molecule has 2 aromatic heterocycles. The zero-order valence-corrected chi connectivity index (χ0v) is 28.5. The van der Waals surface area contributed by atoms with Gasteiger partial charge < -0.3 is 20.4 Å². The highest BCUT2D eigenvalue weighted by atomic mass is 32.2. The first kappa shape index (κ1) is 34.9. The minimum atomic E-state index is -3.69. The zero-order chi connectivity index (χ0) is 32.9. The molecule has 0 saturated carbocycles. The Balaban J connectivity index is 1.45. The monoisotopic (exact) mass is 720 g/mol. The summed E-state index contributed by atoms with van der Waals surface area (Å²) >= 11 is 4.81. The fourth-order valence-corrected chi connectivity index (χ4v) is 10.2. The molecule has 45 heavy (non-hydrogen) atoms. The van der Waals surface area contributed by atoms with Crippen molar-refractivity contribution in [3.8, 4) is 0 Å². The van der Waals surface area contributed by atoms with Gasteiger partial charge in [-0.2, -0.15) is 0 Å². The number of oxime groups is 1. The number of anilines is 1. The molecule has 16 nitrogen and oxygen atoms in total. The van der Waals surface area contributed by atoms with E-state index in [1.165, 1.54) is 47.4 Å². The summed E-state index contributed by atoms with van der Waals surface area (Å²) < 4.78 is 23.8. The van der Waals surface area contributed by atoms with Crippen molar-refractivity contribution in [1.82, 2.24) is 20.2 Å². The highest BCUT2D eigenvalue weighted by Crippen LogP contribution is 2.48. The molecule has 0 aromatic carbocycles. The van der Waals surface area contributed by atoms with E-state index in [1.807, 2.05) is 0 Å². The maximum atomic E-state index is 13.3. The molecule has 0 bridgehead atoms. The molecular weight excluding hydrogens is 692 g/mol. The quantitative estimate of drug-likeness (QED) is 0.0644. The largest absolute Gasteiger partial charge is 0.481 e. The number of aryl methyl sites for hydroxylation is 1. The van der Waals surface area contributed by atoms with Gasteiger partial charge in [0.05, 0.1) is 25.3 Å². The Morgan fingerprint density at radius 3 is 2.56 bits per heavy atom. The lowest BCUT2D eigenvalue weighted by atomic mass is 10.0. The van der Waals surface area contributed by atoms with E-state index in [0.717, 1.165) is 16.2 Å². The van der Waals surface area contributed by atoms with Gasteiger partial charge in [-0.1, -0.05) is 16.9 Å². The van der Waals surface area contributed by atoms with Crippen LogP contribution in [0, 0.1) is 6.92 Å². The Hall–Kier alpha value is -3.00. The number of amides is 2. The Kier molecular flexibility index (Phi) is 11.7. The van der Waals surface area contributed by atoms with E-state index in [2.05, 4.69) is 25.5 Å². The van der Waals surface area contributed by atoms with Gasteiger partial charge in [-0.25, -0.2) is 19.3 Å². The highest BCUT2D eigenvalue weighted by molar-refractivity contribution is 8.01. The van der Waals surface area contributed by atoms with Crippen LogP contribution < -0.4 is 10.4 Å². The van der Waals surface area contributed by atoms with Crippen molar-refractivity contribution >= 4 is 88.5 Å². The molecule has 4 N–H and O–H groups in total. The average Bonchev–Trinajstić information content (AvgIpc) is 3.57. The Morgan fingerprint density at radius 1 is 1.22 bits per heavy atom. The van der Waals surface area contributed by atoms with Crippen LogP contribution in [-0.4, -0.2) is 97.8 Å². The second-order valence-electron chi connectivity index (χ2n) is 9.07. The minimum Gasteiger partial charge on any atom is -0.481 e. The highest BCUT2D eigenvalue weighted by Gasteiger charge is 2.54. The van der Waals surface area contributed by atoms with Crippen LogP contribution in [0.15, 0.2) is 26.1 Å². The van der Waals surface area contributed by atoms with Gasteiger partial charge in [-0.15, -0.1) is 34.4 Å². The lowest BCUT2D eigenvalue weighted by Gasteiger charge is -2.49. The second-order valence-corrected chi connectivity index (χ2v) is 15.1. The van der Waals surface area contributed by atoms with Gasteiger partial charge in [0.25, 0.3) is 11.8 Å². The van der Waals surface area contributed by atoms with Gasteiger partial charge in [-0.3, -0.25) is 33.4 Å². The number of carboxylic acids is 2. The van der Waals surface area contributed by atoms with E-state index >= 15 is 0 Å². The SMILES string of the molecule is CCOP(=O)(Nc1nc(/C(=N/OC)C(=O)N[C@@H]2C(=O)N3C(C(=O)O)=C(CSc4nc(C)c(CC(=O)O)s4)CS[C@H]23)cs1)OCC. The van der Waals surface area contributed by atoms with Crippen molar-refractivity contribution in [2.75, 3.05) is 36.9 Å². The number of nitrogens with zero attached hydrogens (tertiary/aromatic N) is 4. The predicted molar refractivity (Wildman–Crippen MR) is 169 cm³/mol. The van der Waals surface area contributed by atoms with Crippen LogP contribution in [0.25, 0.3) is 0 Å². The fourth-order valence-electron chi connectivity index (χ4n) is 4.21. The number of thioether (sulfide) groups is 2. The third-order valence-corrected chi connectivity index (χ3v) is 12.4. The normalized spacial score (nSPS) is 18.4. The number of fused-ring (bicyclic) bond motifs is 1. The molecule has 2 aliphatic rings. The maximum Gasteiger partial charge on any atom is 0.434 e. The summed E-state index contributed by atoms with van der Waals surface area (Å²) in [4.78, 5) is 65.0. The minimum absolute atomic E-state index is 0.0655. The van der Waals surface area contributed by atoms with Crippen molar-refractivity contribution in [2.24, 2.45) is 5.16 Å². The van der Waals surface area contributed by atoms with Gasteiger partial charge in [0, 0.05) is 21.8 Å². The molecule has 0 aliphatic carbocycles. The lowest BCUT2D eigenvalue weighted by molar-refractivity contribution is -0.150. The van der Waals surface area contributed by atoms with Crippen molar-refractivity contribution in [2.45, 2.75) is 42.9 Å². The summed E-state index contributed by atoms with van der Waals surface area (Å²) in [6, 6.07) is -1.04. The first-order valence-electron chi connectivity index (χ1n) is 13.2. The van der Waals surface area contributed by atoms with Crippen LogP contribution >= 0.6 is 53.9 Å². The number of carbonyl (C=O) groups is 4. The second kappa shape index (κ2) is 15.1. The summed E-state index contributed by atoms with van der Waals surface area (Å²) in [6.45, 7) is 5.26. The van der Waals surface area contributed by atoms with Gasteiger partial charge in [0.15, 0.2) is 15.2 Å². The summed E-state index contributed by atoms with van der Waals surface area (Å²) in [5.74, 6) is -3.14. The van der Waals surface area contributed by atoms with Crippen LogP contribution in [0.4, 0.5) is 5.13 Å². The Morgan fingerprint density at radius 2 is 1.93 bits per heavy atom. The lowest BCUT2D eigenvalue weighted by Crippen LogP contribution is -2.71. The molecular formula is C24H29N6O10PS4. The molecule has 21 heteroatoms. The van der Waals surface area contributed by atoms with E-state index in [4.69, 9.17) is 19.0 Å². The standard InChI is InChI=1S/C24H29N6O10PS4/c1-5-39-41(37,40-6-2)29-23-26-13(10-43-23)16(28-38-4)19(33)27-17-20(34)30-18(22(35)36)12(8-42-21(17)30)9-44-24-25-11(3)14(45-24)7-15(31)32/h10,17,21H,5-9H2,1-4H3,(H,27,33)(H,31,32)(H,35,36)(H,26,29,37)/b28-16-/t17-,21-/m1/s1. The number of hydrogen-bond acceptors (Lipinski definition) is 15. The number of carboxylic acid groups (broad SMARTS) is 2. The number of aliphatic carboxylic acids is 2. The zero-order valence-electron chi connectivity index (χ0n) is 24.3. The number of β-lactam (4-membered cyclic amide) rings is 1. The molecule has 0 spiro atoms. The topological polar surface area (TPSA) is 219 Å². The van der Waals surface area contributed by atoms with Crippen LogP contribution in [0.1, 0.15) is 30.1 Å². The van der Waals surface area contributed by atoms with Crippen molar-refractivity contribution in [1.29, 1.82) is 0 Å². The number of thiazole rings is 2. The molecule has 1 fully saturated rings. The van der Waals surface area contributed by atoms with Gasteiger partial charge in [0.1, 0.15) is 29.9 Å². The van der Waals surface area contributed by atoms with Crippen molar-refractivity contribution < 1.29 is 47.8 Å². The average molecular weight is 721 g/mol. The first-order valence-corrected chi connectivity index (χ1v) is 18.4. The molecule has 0 unspecified atom stereocenters. The molecule has 2 atom stereocenters. The van der Waals surface area contributed by atoms with Crippen molar-refractivity contribution in [3.63, 3.8) is 0 Å². The van der Waals surface area contributed by atoms with E-state index in [9.17, 15) is 28.8 Å². The molecule has 2 amide bonds. The number of carbonyl (C=O) groups excluding carboxylic acids is 2. The number of nitrogens with one attached hydrogen (secondary N) is 2. The van der Waals surface area contributed by atoms with E-state index in [-0.39, 0.29) is 53.4 Å². The van der Waals surface area contributed by atoms with Crippen LogP contribution in [0.2, 0.25) is 0 Å². The summed E-state index contributed by atoms with van der Waals surface area (Å²) in [5.41, 5.74) is 0.749. The predicted octanol–water partition coefficient (Wildman–Crippen LogP) is 3.01. The Bertz CT molecular complexity index is 1580. The Labute approximate surface area is 273 Å². The van der Waals surface area contributed by atoms with Gasteiger partial charge in [-0.05, 0) is 26.3 Å².